The Balaban J connectivity index is 1.65. The number of fused-ring (bicyclic) bond motifs is 1. The van der Waals surface area contributed by atoms with Crippen molar-refractivity contribution in [3.63, 3.8) is 0 Å². The molecule has 1 saturated heterocycles. The van der Waals surface area contributed by atoms with Crippen LogP contribution in [-0.4, -0.2) is 69.8 Å². The highest BCUT2D eigenvalue weighted by Crippen LogP contribution is 2.15. The van der Waals surface area contributed by atoms with Gasteiger partial charge in [0.1, 0.15) is 12.0 Å². The number of ether oxygens (including phenoxy) is 1. The summed E-state index contributed by atoms with van der Waals surface area (Å²) in [6.07, 6.45) is 1.45. The quantitative estimate of drug-likeness (QED) is 0.854. The van der Waals surface area contributed by atoms with Crippen LogP contribution in [0.4, 0.5) is 0 Å². The molecule has 1 aliphatic rings. The first-order chi connectivity index (χ1) is 11.1. The standard InChI is InChI=1S/C15H22N6O2/c1-11(2)13-9-12(19-15-17-10-18-21(13)15)14(22)16-3-4-20-5-7-23-8-6-20/h9-11H,3-8H2,1-2H3,(H,16,22). The molecule has 0 bridgehead atoms. The lowest BCUT2D eigenvalue weighted by molar-refractivity contribution is 0.0383. The number of hydrogen-bond donors (Lipinski definition) is 1. The zero-order valence-electron chi connectivity index (χ0n) is 13.5. The van der Waals surface area contributed by atoms with Crippen LogP contribution in [0.2, 0.25) is 0 Å². The van der Waals surface area contributed by atoms with Crippen molar-refractivity contribution in [1.82, 2.24) is 29.8 Å². The van der Waals surface area contributed by atoms with E-state index in [9.17, 15) is 4.79 Å². The predicted molar refractivity (Wildman–Crippen MR) is 84.5 cm³/mol. The van der Waals surface area contributed by atoms with Crippen LogP contribution in [0.15, 0.2) is 12.4 Å². The largest absolute Gasteiger partial charge is 0.379 e. The molecule has 2 aromatic heterocycles. The van der Waals surface area contributed by atoms with E-state index >= 15 is 0 Å². The second kappa shape index (κ2) is 7.01. The van der Waals surface area contributed by atoms with E-state index in [0.29, 0.717) is 18.0 Å². The van der Waals surface area contributed by atoms with Crippen LogP contribution in [0.3, 0.4) is 0 Å². The summed E-state index contributed by atoms with van der Waals surface area (Å²) in [5.74, 6) is 0.502. The van der Waals surface area contributed by atoms with Crippen LogP contribution in [-0.2, 0) is 4.74 Å². The van der Waals surface area contributed by atoms with Crippen LogP contribution in [0.5, 0.6) is 0 Å². The number of rotatable bonds is 5. The minimum absolute atomic E-state index is 0.175. The van der Waals surface area contributed by atoms with Gasteiger partial charge in [0.15, 0.2) is 0 Å². The number of nitrogens with zero attached hydrogens (tertiary/aromatic N) is 5. The van der Waals surface area contributed by atoms with E-state index in [1.54, 1.807) is 10.6 Å². The summed E-state index contributed by atoms with van der Waals surface area (Å²) >= 11 is 0. The van der Waals surface area contributed by atoms with Gasteiger partial charge in [-0.1, -0.05) is 13.8 Å². The van der Waals surface area contributed by atoms with Gasteiger partial charge in [-0.05, 0) is 12.0 Å². The van der Waals surface area contributed by atoms with Crippen molar-refractivity contribution < 1.29 is 9.53 Å². The summed E-state index contributed by atoms with van der Waals surface area (Å²) in [5, 5.41) is 7.08. The molecule has 23 heavy (non-hydrogen) atoms. The Bertz CT molecular complexity index is 678. The van der Waals surface area contributed by atoms with E-state index in [4.69, 9.17) is 4.74 Å². The van der Waals surface area contributed by atoms with Gasteiger partial charge < -0.3 is 10.1 Å². The second-order valence-electron chi connectivity index (χ2n) is 5.90. The van der Waals surface area contributed by atoms with Gasteiger partial charge in [0.05, 0.1) is 18.9 Å². The number of amides is 1. The molecular formula is C15H22N6O2. The average Bonchev–Trinajstić information content (AvgIpc) is 3.03. The van der Waals surface area contributed by atoms with Crippen LogP contribution in [0, 0.1) is 0 Å². The molecule has 2 aromatic rings. The number of hydrogen-bond acceptors (Lipinski definition) is 6. The van der Waals surface area contributed by atoms with Crippen molar-refractivity contribution in [1.29, 1.82) is 0 Å². The molecule has 0 saturated carbocycles. The summed E-state index contributed by atoms with van der Waals surface area (Å²) in [6, 6.07) is 1.79. The number of carbonyl (C=O) groups is 1. The van der Waals surface area contributed by atoms with Gasteiger partial charge in [-0.25, -0.2) is 9.50 Å². The Kier molecular flexibility index (Phi) is 4.82. The van der Waals surface area contributed by atoms with Gasteiger partial charge in [0, 0.05) is 26.2 Å². The van der Waals surface area contributed by atoms with E-state index in [1.807, 2.05) is 0 Å². The average molecular weight is 318 g/mol. The molecule has 0 aliphatic carbocycles. The smallest absolute Gasteiger partial charge is 0.270 e. The van der Waals surface area contributed by atoms with Crippen molar-refractivity contribution in [3.8, 4) is 0 Å². The minimum Gasteiger partial charge on any atom is -0.379 e. The van der Waals surface area contributed by atoms with Gasteiger partial charge in [-0.15, -0.1) is 0 Å². The van der Waals surface area contributed by atoms with E-state index in [0.717, 1.165) is 38.5 Å². The van der Waals surface area contributed by atoms with Crippen molar-refractivity contribution in [2.75, 3.05) is 39.4 Å². The minimum atomic E-state index is -0.175. The third-order valence-electron chi connectivity index (χ3n) is 3.92. The maximum absolute atomic E-state index is 12.4. The Morgan fingerprint density at radius 2 is 2.17 bits per heavy atom. The number of aromatic nitrogens is 4. The zero-order chi connectivity index (χ0) is 16.2. The molecule has 0 atom stereocenters. The molecule has 1 amide bonds. The molecule has 3 heterocycles. The second-order valence-corrected chi connectivity index (χ2v) is 5.90. The summed E-state index contributed by atoms with van der Waals surface area (Å²) < 4.78 is 6.99. The molecular weight excluding hydrogens is 296 g/mol. The van der Waals surface area contributed by atoms with Crippen molar-refractivity contribution in [3.05, 3.63) is 23.8 Å². The molecule has 0 unspecified atom stereocenters. The van der Waals surface area contributed by atoms with Crippen LogP contribution in [0.1, 0.15) is 35.9 Å². The highest BCUT2D eigenvalue weighted by molar-refractivity contribution is 5.92. The number of morpholine rings is 1. The fraction of sp³-hybridized carbons (Fsp3) is 0.600. The maximum atomic E-state index is 12.4. The Morgan fingerprint density at radius 1 is 1.39 bits per heavy atom. The fourth-order valence-electron chi connectivity index (χ4n) is 2.61. The van der Waals surface area contributed by atoms with Gasteiger partial charge >= 0.3 is 0 Å². The summed E-state index contributed by atoms with van der Waals surface area (Å²) in [7, 11) is 0. The first-order valence-electron chi connectivity index (χ1n) is 7.94. The Hall–Kier alpha value is -2.06. The lowest BCUT2D eigenvalue weighted by Gasteiger charge is -2.26. The Labute approximate surface area is 134 Å². The highest BCUT2D eigenvalue weighted by Gasteiger charge is 2.16. The van der Waals surface area contributed by atoms with Crippen LogP contribution < -0.4 is 5.32 Å². The van der Waals surface area contributed by atoms with E-state index in [2.05, 4.69) is 39.1 Å². The van der Waals surface area contributed by atoms with E-state index in [1.165, 1.54) is 6.33 Å². The summed E-state index contributed by atoms with van der Waals surface area (Å²) in [5.41, 5.74) is 1.31. The summed E-state index contributed by atoms with van der Waals surface area (Å²) in [6.45, 7) is 8.87. The van der Waals surface area contributed by atoms with Crippen LogP contribution >= 0.6 is 0 Å². The zero-order valence-corrected chi connectivity index (χ0v) is 13.5. The Morgan fingerprint density at radius 3 is 2.91 bits per heavy atom. The van der Waals surface area contributed by atoms with Crippen molar-refractivity contribution in [2.24, 2.45) is 0 Å². The molecule has 0 aromatic carbocycles. The van der Waals surface area contributed by atoms with Crippen molar-refractivity contribution >= 4 is 11.7 Å². The fourth-order valence-corrected chi connectivity index (χ4v) is 2.61. The molecule has 1 N–H and O–H groups in total. The first-order valence-corrected chi connectivity index (χ1v) is 7.94. The first kappa shape index (κ1) is 15.8. The van der Waals surface area contributed by atoms with Gasteiger partial charge in [-0.3, -0.25) is 9.69 Å². The molecule has 1 fully saturated rings. The highest BCUT2D eigenvalue weighted by atomic mass is 16.5. The summed E-state index contributed by atoms with van der Waals surface area (Å²) in [4.78, 5) is 23.0. The third kappa shape index (κ3) is 3.65. The van der Waals surface area contributed by atoms with Crippen LogP contribution in [0.25, 0.3) is 5.78 Å². The molecule has 0 radical (unpaired) electrons. The lowest BCUT2D eigenvalue weighted by atomic mass is 10.1. The predicted octanol–water partition coefficient (Wildman–Crippen LogP) is 0.310. The molecule has 124 valence electrons. The molecule has 3 rings (SSSR count). The molecule has 0 spiro atoms. The third-order valence-corrected chi connectivity index (χ3v) is 3.92. The van der Waals surface area contributed by atoms with E-state index < -0.39 is 0 Å². The normalized spacial score (nSPS) is 16.1. The van der Waals surface area contributed by atoms with Crippen molar-refractivity contribution in [2.45, 2.75) is 19.8 Å². The molecule has 1 aliphatic heterocycles. The van der Waals surface area contributed by atoms with Gasteiger partial charge in [0.2, 0.25) is 0 Å². The van der Waals surface area contributed by atoms with Gasteiger partial charge in [0.25, 0.3) is 11.7 Å². The topological polar surface area (TPSA) is 84.7 Å². The SMILES string of the molecule is CC(C)c1cc(C(=O)NCCN2CCOCC2)nc2ncnn12. The monoisotopic (exact) mass is 318 g/mol. The number of carbonyl (C=O) groups excluding carboxylic acids is 1. The lowest BCUT2D eigenvalue weighted by Crippen LogP contribution is -2.41. The molecule has 8 nitrogen and oxygen atoms in total. The molecule has 8 heteroatoms. The van der Waals surface area contributed by atoms with Gasteiger partial charge in [-0.2, -0.15) is 10.1 Å². The maximum Gasteiger partial charge on any atom is 0.270 e. The van der Waals surface area contributed by atoms with E-state index in [-0.39, 0.29) is 11.8 Å². The number of nitrogens with one attached hydrogen (secondary N) is 1.